The van der Waals surface area contributed by atoms with Crippen molar-refractivity contribution in [3.63, 3.8) is 0 Å². The zero-order valence-corrected chi connectivity index (χ0v) is 18.9. The molecule has 0 atom stereocenters. The number of hydrogen-bond donors (Lipinski definition) is 1. The van der Waals surface area contributed by atoms with E-state index < -0.39 is 10.0 Å². The first-order valence-electron chi connectivity index (χ1n) is 10.2. The molecule has 0 saturated carbocycles. The van der Waals surface area contributed by atoms with Crippen LogP contribution >= 0.6 is 11.8 Å². The fourth-order valence-electron chi connectivity index (χ4n) is 3.37. The molecule has 0 unspecified atom stereocenters. The molecular formula is C20H33N3O3S2. The summed E-state index contributed by atoms with van der Waals surface area (Å²) in [6.45, 7) is 8.86. The Morgan fingerprint density at radius 3 is 2.43 bits per heavy atom. The number of amides is 1. The largest absolute Gasteiger partial charge is 0.370 e. The molecule has 28 heavy (non-hydrogen) atoms. The van der Waals surface area contributed by atoms with Crippen molar-refractivity contribution in [2.24, 2.45) is 0 Å². The van der Waals surface area contributed by atoms with Crippen molar-refractivity contribution in [1.82, 2.24) is 4.31 Å². The van der Waals surface area contributed by atoms with Crippen molar-refractivity contribution >= 4 is 39.1 Å². The van der Waals surface area contributed by atoms with E-state index >= 15 is 0 Å². The van der Waals surface area contributed by atoms with E-state index in [-0.39, 0.29) is 10.8 Å². The Labute approximate surface area is 174 Å². The van der Waals surface area contributed by atoms with Crippen LogP contribution in [0.1, 0.15) is 46.5 Å². The molecule has 0 bridgehead atoms. The van der Waals surface area contributed by atoms with Crippen molar-refractivity contribution in [2.75, 3.05) is 47.9 Å². The summed E-state index contributed by atoms with van der Waals surface area (Å²) in [5.74, 6) is 1.20. The molecule has 0 aromatic heterocycles. The second-order valence-electron chi connectivity index (χ2n) is 6.92. The van der Waals surface area contributed by atoms with Gasteiger partial charge in [-0.15, -0.1) is 0 Å². The molecular weight excluding hydrogens is 394 g/mol. The van der Waals surface area contributed by atoms with E-state index in [1.54, 1.807) is 28.2 Å². The minimum Gasteiger partial charge on any atom is -0.370 e. The number of carbonyl (C=O) groups is 1. The van der Waals surface area contributed by atoms with Crippen LogP contribution in [0.2, 0.25) is 0 Å². The molecule has 1 aliphatic heterocycles. The van der Waals surface area contributed by atoms with Gasteiger partial charge in [0, 0.05) is 26.2 Å². The number of rotatable bonds is 10. The van der Waals surface area contributed by atoms with Gasteiger partial charge in [0.15, 0.2) is 0 Å². The highest BCUT2D eigenvalue weighted by atomic mass is 32.2. The average Bonchev–Trinajstić information content (AvgIpc) is 2.70. The lowest BCUT2D eigenvalue weighted by atomic mass is 10.2. The SMILES string of the molecule is CCCSCC(=O)Nc1cc(S(=O)(=O)N2CCCCC2)ccc1N(CC)CC. The topological polar surface area (TPSA) is 69.7 Å². The summed E-state index contributed by atoms with van der Waals surface area (Å²) in [7, 11) is -3.54. The monoisotopic (exact) mass is 427 g/mol. The molecule has 1 fully saturated rings. The van der Waals surface area contributed by atoms with E-state index in [2.05, 4.69) is 17.1 Å². The Morgan fingerprint density at radius 2 is 1.82 bits per heavy atom. The number of nitrogens with zero attached hydrogens (tertiary/aromatic N) is 2. The van der Waals surface area contributed by atoms with Crippen LogP contribution in [-0.4, -0.2) is 56.3 Å². The zero-order chi connectivity index (χ0) is 20.6. The zero-order valence-electron chi connectivity index (χ0n) is 17.2. The third kappa shape index (κ3) is 5.87. The highest BCUT2D eigenvalue weighted by Crippen LogP contribution is 2.31. The summed E-state index contributed by atoms with van der Waals surface area (Å²) in [6, 6.07) is 5.11. The number of sulfonamides is 1. The van der Waals surface area contributed by atoms with Gasteiger partial charge >= 0.3 is 0 Å². The smallest absolute Gasteiger partial charge is 0.243 e. The highest BCUT2D eigenvalue weighted by Gasteiger charge is 2.27. The quantitative estimate of drug-likeness (QED) is 0.575. The van der Waals surface area contributed by atoms with Crippen molar-refractivity contribution in [1.29, 1.82) is 0 Å². The maximum absolute atomic E-state index is 13.1. The fraction of sp³-hybridized carbons (Fsp3) is 0.650. The van der Waals surface area contributed by atoms with E-state index in [9.17, 15) is 13.2 Å². The lowest BCUT2D eigenvalue weighted by Gasteiger charge is -2.28. The molecule has 1 saturated heterocycles. The fourth-order valence-corrected chi connectivity index (χ4v) is 5.60. The molecule has 8 heteroatoms. The molecule has 0 aliphatic carbocycles. The van der Waals surface area contributed by atoms with Crippen molar-refractivity contribution in [3.8, 4) is 0 Å². The summed E-state index contributed by atoms with van der Waals surface area (Å²) >= 11 is 1.59. The normalized spacial score (nSPS) is 15.4. The number of hydrogen-bond acceptors (Lipinski definition) is 5. The van der Waals surface area contributed by atoms with Gasteiger partial charge in [-0.25, -0.2) is 8.42 Å². The van der Waals surface area contributed by atoms with E-state index in [0.717, 1.165) is 50.2 Å². The number of carbonyl (C=O) groups excluding carboxylic acids is 1. The minimum absolute atomic E-state index is 0.0978. The van der Waals surface area contributed by atoms with Crippen LogP contribution in [0.3, 0.4) is 0 Å². The Morgan fingerprint density at radius 1 is 1.14 bits per heavy atom. The Bertz CT molecular complexity index is 743. The van der Waals surface area contributed by atoms with Gasteiger partial charge in [0.05, 0.1) is 22.0 Å². The minimum atomic E-state index is -3.54. The molecule has 1 aliphatic rings. The third-order valence-corrected chi connectivity index (χ3v) is 7.94. The highest BCUT2D eigenvalue weighted by molar-refractivity contribution is 7.99. The van der Waals surface area contributed by atoms with Gasteiger partial charge in [-0.05, 0) is 57.1 Å². The maximum Gasteiger partial charge on any atom is 0.243 e. The van der Waals surface area contributed by atoms with Gasteiger partial charge in [0.1, 0.15) is 0 Å². The van der Waals surface area contributed by atoms with E-state index in [1.807, 2.05) is 19.9 Å². The second kappa shape index (κ2) is 11.1. The van der Waals surface area contributed by atoms with Crippen molar-refractivity contribution in [3.05, 3.63) is 18.2 Å². The number of nitrogens with one attached hydrogen (secondary N) is 1. The van der Waals surface area contributed by atoms with Crippen LogP contribution in [0.15, 0.2) is 23.1 Å². The van der Waals surface area contributed by atoms with Gasteiger partial charge in [0.25, 0.3) is 0 Å². The number of benzene rings is 1. The van der Waals surface area contributed by atoms with Gasteiger partial charge in [-0.1, -0.05) is 13.3 Å². The molecule has 1 aromatic carbocycles. The molecule has 2 rings (SSSR count). The molecule has 0 spiro atoms. The Balaban J connectivity index is 2.32. The number of anilines is 2. The second-order valence-corrected chi connectivity index (χ2v) is 9.96. The third-order valence-electron chi connectivity index (χ3n) is 4.88. The molecule has 6 nitrogen and oxygen atoms in total. The maximum atomic E-state index is 13.1. The summed E-state index contributed by atoms with van der Waals surface area (Å²) < 4.78 is 27.7. The molecule has 0 radical (unpaired) electrons. The van der Waals surface area contributed by atoms with Gasteiger partial charge < -0.3 is 10.2 Å². The average molecular weight is 428 g/mol. The van der Waals surface area contributed by atoms with Gasteiger partial charge in [-0.3, -0.25) is 4.79 Å². The van der Waals surface area contributed by atoms with Crippen LogP contribution in [0.4, 0.5) is 11.4 Å². The Kier molecular flexibility index (Phi) is 9.11. The van der Waals surface area contributed by atoms with E-state index in [1.165, 1.54) is 0 Å². The lowest BCUT2D eigenvalue weighted by molar-refractivity contribution is -0.113. The Hall–Kier alpha value is -1.25. The van der Waals surface area contributed by atoms with Crippen molar-refractivity contribution < 1.29 is 13.2 Å². The summed E-state index contributed by atoms with van der Waals surface area (Å²) in [6.07, 6.45) is 3.89. The van der Waals surface area contributed by atoms with Crippen LogP contribution in [0.25, 0.3) is 0 Å². The van der Waals surface area contributed by atoms with Crippen molar-refractivity contribution in [2.45, 2.75) is 51.3 Å². The van der Waals surface area contributed by atoms with Crippen LogP contribution in [-0.2, 0) is 14.8 Å². The van der Waals surface area contributed by atoms with E-state index in [4.69, 9.17) is 0 Å². The number of piperidine rings is 1. The predicted molar refractivity (Wildman–Crippen MR) is 119 cm³/mol. The predicted octanol–water partition coefficient (Wildman–Crippen LogP) is 3.79. The first-order chi connectivity index (χ1) is 13.4. The van der Waals surface area contributed by atoms with Gasteiger partial charge in [-0.2, -0.15) is 16.1 Å². The first-order valence-corrected chi connectivity index (χ1v) is 12.8. The summed E-state index contributed by atoms with van der Waals surface area (Å²) in [5.41, 5.74) is 1.43. The molecule has 1 amide bonds. The molecule has 1 heterocycles. The van der Waals surface area contributed by atoms with Gasteiger partial charge in [0.2, 0.25) is 15.9 Å². The van der Waals surface area contributed by atoms with Crippen LogP contribution < -0.4 is 10.2 Å². The standard InChI is InChI=1S/C20H33N3O3S2/c1-4-14-27-16-20(24)21-18-15-17(10-11-19(18)22(5-2)6-3)28(25,26)23-12-8-7-9-13-23/h10-11,15H,4-9,12-14,16H2,1-3H3,(H,21,24). The van der Waals surface area contributed by atoms with E-state index in [0.29, 0.717) is 24.5 Å². The number of thioether (sulfide) groups is 1. The molecule has 1 aromatic rings. The summed E-state index contributed by atoms with van der Waals surface area (Å²) in [5, 5.41) is 2.95. The van der Waals surface area contributed by atoms with Crippen LogP contribution in [0, 0.1) is 0 Å². The molecule has 1 N–H and O–H groups in total. The lowest BCUT2D eigenvalue weighted by Crippen LogP contribution is -2.35. The van der Waals surface area contributed by atoms with Crippen LogP contribution in [0.5, 0.6) is 0 Å². The molecule has 158 valence electrons. The first kappa shape index (κ1) is 23.0. The summed E-state index contributed by atoms with van der Waals surface area (Å²) in [4.78, 5) is 14.8.